The molecule has 0 N–H and O–H groups in total. The number of amides is 1. The van der Waals surface area contributed by atoms with Gasteiger partial charge in [-0.05, 0) is 64.6 Å². The third-order valence-electron chi connectivity index (χ3n) is 5.92. The van der Waals surface area contributed by atoms with Gasteiger partial charge < -0.3 is 14.5 Å². The second-order valence-electron chi connectivity index (χ2n) is 9.30. The molecule has 0 bridgehead atoms. The lowest BCUT2D eigenvalue weighted by molar-refractivity contribution is -0.384. The second-order valence-corrected chi connectivity index (χ2v) is 9.30. The Balaban J connectivity index is 1.35. The standard InChI is InChI=1S/C22H34N4O4/c1-22(2,3)30-21(27)25-12-9-18(10-13-25)8-11-23-14-16-24(17-15-23)19-4-6-20(7-5-19)26(28)29/h4-7,18H,8-17H2,1-3H3. The minimum Gasteiger partial charge on any atom is -0.444 e. The molecule has 0 unspecified atom stereocenters. The lowest BCUT2D eigenvalue weighted by Crippen LogP contribution is -2.47. The number of non-ortho nitro benzene ring substituents is 1. The van der Waals surface area contributed by atoms with Gasteiger partial charge in [-0.15, -0.1) is 0 Å². The molecule has 2 heterocycles. The van der Waals surface area contributed by atoms with Gasteiger partial charge in [-0.2, -0.15) is 0 Å². The van der Waals surface area contributed by atoms with Gasteiger partial charge in [0, 0.05) is 57.1 Å². The molecule has 1 amide bonds. The summed E-state index contributed by atoms with van der Waals surface area (Å²) in [6.07, 6.45) is 3.06. The van der Waals surface area contributed by atoms with Gasteiger partial charge in [0.1, 0.15) is 5.60 Å². The molecule has 0 radical (unpaired) electrons. The van der Waals surface area contributed by atoms with E-state index in [1.54, 1.807) is 12.1 Å². The Morgan fingerprint density at radius 2 is 1.67 bits per heavy atom. The molecule has 166 valence electrons. The number of piperazine rings is 1. The average Bonchev–Trinajstić information content (AvgIpc) is 2.72. The fourth-order valence-electron chi connectivity index (χ4n) is 4.11. The lowest BCUT2D eigenvalue weighted by Gasteiger charge is -2.37. The van der Waals surface area contributed by atoms with E-state index < -0.39 is 5.60 Å². The summed E-state index contributed by atoms with van der Waals surface area (Å²) in [5.41, 5.74) is 0.745. The number of rotatable bonds is 5. The van der Waals surface area contributed by atoms with E-state index in [0.29, 0.717) is 5.92 Å². The van der Waals surface area contributed by atoms with Crippen molar-refractivity contribution in [3.05, 3.63) is 34.4 Å². The van der Waals surface area contributed by atoms with Crippen LogP contribution in [-0.4, -0.2) is 72.2 Å². The van der Waals surface area contributed by atoms with Gasteiger partial charge in [-0.3, -0.25) is 15.0 Å². The summed E-state index contributed by atoms with van der Waals surface area (Å²) >= 11 is 0. The molecule has 0 saturated carbocycles. The van der Waals surface area contributed by atoms with Crippen LogP contribution in [0.3, 0.4) is 0 Å². The number of likely N-dealkylation sites (tertiary alicyclic amines) is 1. The molecule has 0 aliphatic carbocycles. The predicted molar refractivity (Wildman–Crippen MR) is 117 cm³/mol. The van der Waals surface area contributed by atoms with E-state index >= 15 is 0 Å². The molecule has 2 aliphatic heterocycles. The maximum Gasteiger partial charge on any atom is 0.410 e. The van der Waals surface area contributed by atoms with Crippen LogP contribution in [0, 0.1) is 16.0 Å². The number of anilines is 1. The number of hydrogen-bond acceptors (Lipinski definition) is 6. The zero-order valence-corrected chi connectivity index (χ0v) is 18.4. The van der Waals surface area contributed by atoms with Gasteiger partial charge in [0.2, 0.25) is 0 Å². The van der Waals surface area contributed by atoms with Crippen molar-refractivity contribution >= 4 is 17.5 Å². The number of nitro groups is 1. The quantitative estimate of drug-likeness (QED) is 0.535. The Morgan fingerprint density at radius 1 is 1.07 bits per heavy atom. The molecule has 2 saturated heterocycles. The first-order valence-corrected chi connectivity index (χ1v) is 10.9. The normalized spacial score (nSPS) is 19.0. The first-order chi connectivity index (χ1) is 14.2. The zero-order chi connectivity index (χ0) is 21.7. The predicted octanol–water partition coefficient (Wildman–Crippen LogP) is 3.75. The van der Waals surface area contributed by atoms with E-state index in [4.69, 9.17) is 4.74 Å². The molecule has 1 aromatic carbocycles. The lowest BCUT2D eigenvalue weighted by atomic mass is 9.93. The third kappa shape index (κ3) is 6.32. The van der Waals surface area contributed by atoms with Gasteiger partial charge in [-0.25, -0.2) is 4.79 Å². The Morgan fingerprint density at radius 3 is 2.20 bits per heavy atom. The zero-order valence-electron chi connectivity index (χ0n) is 18.4. The van der Waals surface area contributed by atoms with Crippen LogP contribution in [0.1, 0.15) is 40.0 Å². The Hall–Kier alpha value is -2.35. The summed E-state index contributed by atoms with van der Waals surface area (Å²) in [5.74, 6) is 0.663. The van der Waals surface area contributed by atoms with Gasteiger partial charge in [-0.1, -0.05) is 0 Å². The minimum absolute atomic E-state index is 0.134. The van der Waals surface area contributed by atoms with E-state index in [9.17, 15) is 14.9 Å². The van der Waals surface area contributed by atoms with Gasteiger partial charge in [0.05, 0.1) is 4.92 Å². The van der Waals surface area contributed by atoms with E-state index in [2.05, 4.69) is 9.80 Å². The van der Waals surface area contributed by atoms with Crippen molar-refractivity contribution < 1.29 is 14.5 Å². The van der Waals surface area contributed by atoms with E-state index in [1.807, 2.05) is 37.8 Å². The molecular formula is C22H34N4O4. The maximum atomic E-state index is 12.2. The molecule has 0 atom stereocenters. The maximum absolute atomic E-state index is 12.2. The van der Waals surface area contributed by atoms with Crippen molar-refractivity contribution in [3.8, 4) is 0 Å². The van der Waals surface area contributed by atoms with Crippen LogP contribution in [-0.2, 0) is 4.74 Å². The van der Waals surface area contributed by atoms with E-state index in [-0.39, 0.29) is 16.7 Å². The summed E-state index contributed by atoms with van der Waals surface area (Å²) < 4.78 is 5.47. The van der Waals surface area contributed by atoms with E-state index in [1.165, 1.54) is 6.42 Å². The van der Waals surface area contributed by atoms with Gasteiger partial charge in [0.25, 0.3) is 5.69 Å². The van der Waals surface area contributed by atoms with Crippen LogP contribution >= 0.6 is 0 Å². The smallest absolute Gasteiger partial charge is 0.410 e. The van der Waals surface area contributed by atoms with Crippen molar-refractivity contribution in [1.82, 2.24) is 9.80 Å². The molecule has 0 spiro atoms. The highest BCUT2D eigenvalue weighted by Gasteiger charge is 2.27. The number of piperidine rings is 1. The van der Waals surface area contributed by atoms with Gasteiger partial charge >= 0.3 is 6.09 Å². The first kappa shape index (κ1) is 22.3. The van der Waals surface area contributed by atoms with Gasteiger partial charge in [0.15, 0.2) is 0 Å². The van der Waals surface area contributed by atoms with Crippen molar-refractivity contribution in [2.24, 2.45) is 5.92 Å². The summed E-state index contributed by atoms with van der Waals surface area (Å²) in [6, 6.07) is 6.83. The molecule has 2 aliphatic rings. The summed E-state index contributed by atoms with van der Waals surface area (Å²) in [6.45, 7) is 12.3. The molecule has 1 aromatic rings. The Labute approximate surface area is 178 Å². The highest BCUT2D eigenvalue weighted by Crippen LogP contribution is 2.24. The van der Waals surface area contributed by atoms with Crippen molar-refractivity contribution in [2.45, 2.75) is 45.6 Å². The monoisotopic (exact) mass is 418 g/mol. The molecule has 2 fully saturated rings. The average molecular weight is 419 g/mol. The number of carbonyl (C=O) groups excluding carboxylic acids is 1. The minimum atomic E-state index is -0.440. The van der Waals surface area contributed by atoms with Crippen LogP contribution in [0.2, 0.25) is 0 Å². The van der Waals surface area contributed by atoms with Crippen LogP contribution in [0.5, 0.6) is 0 Å². The highest BCUT2D eigenvalue weighted by molar-refractivity contribution is 5.68. The summed E-state index contributed by atoms with van der Waals surface area (Å²) in [5, 5.41) is 10.8. The molecule has 30 heavy (non-hydrogen) atoms. The molecule has 0 aromatic heterocycles. The topological polar surface area (TPSA) is 79.2 Å². The van der Waals surface area contributed by atoms with E-state index in [0.717, 1.165) is 64.3 Å². The Bertz CT molecular complexity index is 716. The van der Waals surface area contributed by atoms with Crippen LogP contribution < -0.4 is 4.90 Å². The summed E-state index contributed by atoms with van der Waals surface area (Å²) in [7, 11) is 0. The van der Waals surface area contributed by atoms with Crippen molar-refractivity contribution in [2.75, 3.05) is 50.7 Å². The largest absolute Gasteiger partial charge is 0.444 e. The third-order valence-corrected chi connectivity index (χ3v) is 5.92. The fourth-order valence-corrected chi connectivity index (χ4v) is 4.11. The molecule has 8 nitrogen and oxygen atoms in total. The fraction of sp³-hybridized carbons (Fsp3) is 0.682. The number of carbonyl (C=O) groups is 1. The second kappa shape index (κ2) is 9.64. The number of nitrogens with zero attached hydrogens (tertiary/aromatic N) is 4. The summed E-state index contributed by atoms with van der Waals surface area (Å²) in [4.78, 5) is 29.3. The SMILES string of the molecule is CC(C)(C)OC(=O)N1CCC(CCN2CCN(c3ccc([N+](=O)[O-])cc3)CC2)CC1. The van der Waals surface area contributed by atoms with Crippen molar-refractivity contribution in [3.63, 3.8) is 0 Å². The van der Waals surface area contributed by atoms with Crippen LogP contribution in [0.4, 0.5) is 16.2 Å². The molecule has 8 heteroatoms. The first-order valence-electron chi connectivity index (χ1n) is 10.9. The highest BCUT2D eigenvalue weighted by atomic mass is 16.6. The molecular weight excluding hydrogens is 384 g/mol. The van der Waals surface area contributed by atoms with Crippen molar-refractivity contribution in [1.29, 1.82) is 0 Å². The Kier molecular flexibility index (Phi) is 7.18. The number of benzene rings is 1. The van der Waals surface area contributed by atoms with Crippen LogP contribution in [0.25, 0.3) is 0 Å². The number of ether oxygens (including phenoxy) is 1. The number of nitro benzene ring substituents is 1. The number of hydrogen-bond donors (Lipinski definition) is 0. The molecule has 3 rings (SSSR count). The van der Waals surface area contributed by atoms with Crippen LogP contribution in [0.15, 0.2) is 24.3 Å².